The molecule has 0 bridgehead atoms. The van der Waals surface area contributed by atoms with E-state index in [4.69, 9.17) is 11.6 Å². The van der Waals surface area contributed by atoms with Gasteiger partial charge in [-0.05, 0) is 36.3 Å². The molecule has 1 aromatic carbocycles. The first-order valence-electron chi connectivity index (χ1n) is 7.38. The van der Waals surface area contributed by atoms with Gasteiger partial charge in [-0.2, -0.15) is 0 Å². The number of rotatable bonds is 8. The zero-order chi connectivity index (χ0) is 16.0. The van der Waals surface area contributed by atoms with Crippen molar-refractivity contribution in [3.05, 3.63) is 35.4 Å². The Balaban J connectivity index is 2.69. The summed E-state index contributed by atoms with van der Waals surface area (Å²) >= 11 is 5.68. The lowest BCUT2D eigenvalue weighted by atomic mass is 10.0. The minimum Gasteiger partial charge on any atom is -0.212 e. The number of halogens is 1. The van der Waals surface area contributed by atoms with E-state index in [2.05, 4.69) is 30.7 Å². The molecule has 21 heavy (non-hydrogen) atoms. The highest BCUT2D eigenvalue weighted by atomic mass is 35.5. The summed E-state index contributed by atoms with van der Waals surface area (Å²) in [5.74, 6) is 0.972. The second-order valence-corrected chi connectivity index (χ2v) is 8.33. The first kappa shape index (κ1) is 18.5. The lowest BCUT2D eigenvalue weighted by Gasteiger charge is -2.17. The van der Waals surface area contributed by atoms with E-state index in [-0.39, 0.29) is 17.7 Å². The van der Waals surface area contributed by atoms with Crippen LogP contribution in [0.15, 0.2) is 24.3 Å². The van der Waals surface area contributed by atoms with Gasteiger partial charge in [-0.1, -0.05) is 45.0 Å². The van der Waals surface area contributed by atoms with Gasteiger partial charge in [-0.25, -0.2) is 13.1 Å². The zero-order valence-corrected chi connectivity index (χ0v) is 14.8. The zero-order valence-electron chi connectivity index (χ0n) is 13.3. The molecule has 0 saturated carbocycles. The average molecular weight is 332 g/mol. The van der Waals surface area contributed by atoms with Gasteiger partial charge < -0.3 is 0 Å². The maximum atomic E-state index is 12.0. The molecule has 0 aliphatic rings. The number of hydrogen-bond donors (Lipinski definition) is 1. The van der Waals surface area contributed by atoms with E-state index in [1.54, 1.807) is 0 Å². The van der Waals surface area contributed by atoms with Gasteiger partial charge in [-0.3, -0.25) is 0 Å². The second-order valence-electron chi connectivity index (χ2n) is 6.22. The third-order valence-corrected chi connectivity index (χ3v) is 5.49. The molecule has 1 rings (SSSR count). The van der Waals surface area contributed by atoms with E-state index in [9.17, 15) is 8.42 Å². The van der Waals surface area contributed by atoms with Crippen LogP contribution in [0.1, 0.15) is 44.9 Å². The molecule has 120 valence electrons. The van der Waals surface area contributed by atoms with Crippen LogP contribution in [-0.2, 0) is 16.4 Å². The highest BCUT2D eigenvalue weighted by Crippen LogP contribution is 2.17. The van der Waals surface area contributed by atoms with Crippen molar-refractivity contribution in [3.63, 3.8) is 0 Å². The standard InChI is InChI=1S/C16H26ClNO2S/c1-12(2)9-15-5-7-16(8-6-15)14(4)18-21(19,20)11-13(3)10-17/h5-8,12-14,18H,9-11H2,1-4H3. The molecule has 0 aromatic heterocycles. The fourth-order valence-corrected chi connectivity index (χ4v) is 4.09. The third-order valence-electron chi connectivity index (χ3n) is 3.25. The molecule has 2 unspecified atom stereocenters. The highest BCUT2D eigenvalue weighted by Gasteiger charge is 2.18. The lowest BCUT2D eigenvalue weighted by Crippen LogP contribution is -2.31. The van der Waals surface area contributed by atoms with E-state index >= 15 is 0 Å². The van der Waals surface area contributed by atoms with Gasteiger partial charge in [0.05, 0.1) is 5.75 Å². The van der Waals surface area contributed by atoms with E-state index in [0.717, 1.165) is 12.0 Å². The lowest BCUT2D eigenvalue weighted by molar-refractivity contribution is 0.555. The number of sulfonamides is 1. The van der Waals surface area contributed by atoms with Gasteiger partial charge in [0.15, 0.2) is 0 Å². The molecular formula is C16H26ClNO2S. The topological polar surface area (TPSA) is 46.2 Å². The Hall–Kier alpha value is -0.580. The monoisotopic (exact) mass is 331 g/mol. The number of alkyl halides is 1. The highest BCUT2D eigenvalue weighted by molar-refractivity contribution is 7.89. The predicted molar refractivity (Wildman–Crippen MR) is 90.2 cm³/mol. The molecule has 1 aromatic rings. The average Bonchev–Trinajstić information content (AvgIpc) is 2.37. The van der Waals surface area contributed by atoms with Gasteiger partial charge in [0.2, 0.25) is 10.0 Å². The van der Waals surface area contributed by atoms with Crippen LogP contribution in [0.5, 0.6) is 0 Å². The van der Waals surface area contributed by atoms with Crippen molar-refractivity contribution in [1.29, 1.82) is 0 Å². The molecule has 2 atom stereocenters. The van der Waals surface area contributed by atoms with Gasteiger partial charge in [0.25, 0.3) is 0 Å². The van der Waals surface area contributed by atoms with Gasteiger partial charge in [0, 0.05) is 11.9 Å². The van der Waals surface area contributed by atoms with E-state index in [1.807, 2.05) is 26.0 Å². The van der Waals surface area contributed by atoms with Gasteiger partial charge in [0.1, 0.15) is 0 Å². The molecule has 0 aliphatic carbocycles. The van der Waals surface area contributed by atoms with Crippen LogP contribution in [-0.4, -0.2) is 20.1 Å². The van der Waals surface area contributed by atoms with Crippen molar-refractivity contribution in [2.24, 2.45) is 11.8 Å². The molecule has 0 saturated heterocycles. The Morgan fingerprint density at radius 2 is 1.67 bits per heavy atom. The van der Waals surface area contributed by atoms with Crippen molar-refractivity contribution < 1.29 is 8.42 Å². The summed E-state index contributed by atoms with van der Waals surface area (Å²) in [6.07, 6.45) is 1.04. The van der Waals surface area contributed by atoms with E-state index < -0.39 is 10.0 Å². The molecule has 1 N–H and O–H groups in total. The first-order chi connectivity index (χ1) is 9.73. The Bertz CT molecular complexity index is 526. The Kier molecular flexibility index (Phi) is 7.17. The fourth-order valence-electron chi connectivity index (χ4n) is 2.22. The van der Waals surface area contributed by atoms with Crippen LogP contribution in [0.2, 0.25) is 0 Å². The van der Waals surface area contributed by atoms with E-state index in [1.165, 1.54) is 5.56 Å². The first-order valence-corrected chi connectivity index (χ1v) is 9.57. The molecule has 0 fully saturated rings. The van der Waals surface area contributed by atoms with Crippen LogP contribution in [0.25, 0.3) is 0 Å². The normalized spacial score (nSPS) is 15.1. The molecule has 5 heteroatoms. The minimum atomic E-state index is -3.30. The van der Waals surface area contributed by atoms with Crippen molar-refractivity contribution in [2.75, 3.05) is 11.6 Å². The summed E-state index contributed by atoms with van der Waals surface area (Å²) in [6.45, 7) is 8.06. The predicted octanol–water partition coefficient (Wildman–Crippen LogP) is 3.74. The summed E-state index contributed by atoms with van der Waals surface area (Å²) in [5.41, 5.74) is 2.25. The quantitative estimate of drug-likeness (QED) is 0.737. The van der Waals surface area contributed by atoms with Crippen LogP contribution in [0.4, 0.5) is 0 Å². The SMILES string of the molecule is CC(C)Cc1ccc(C(C)NS(=O)(=O)CC(C)CCl)cc1. The fraction of sp³-hybridized carbons (Fsp3) is 0.625. The van der Waals surface area contributed by atoms with Crippen LogP contribution in [0, 0.1) is 11.8 Å². The molecule has 0 heterocycles. The van der Waals surface area contributed by atoms with Crippen LogP contribution < -0.4 is 4.72 Å². The third kappa shape index (κ3) is 6.81. The Labute approximate surface area is 134 Å². The summed E-state index contributed by atoms with van der Waals surface area (Å²) in [5, 5.41) is 0. The second kappa shape index (κ2) is 8.16. The molecule has 0 aliphatic heterocycles. The summed E-state index contributed by atoms with van der Waals surface area (Å²) in [7, 11) is -3.30. The van der Waals surface area contributed by atoms with Crippen molar-refractivity contribution in [2.45, 2.75) is 40.2 Å². The van der Waals surface area contributed by atoms with E-state index in [0.29, 0.717) is 11.8 Å². The minimum absolute atomic E-state index is 0.0511. The Morgan fingerprint density at radius 1 is 1.10 bits per heavy atom. The molecule has 0 amide bonds. The summed E-state index contributed by atoms with van der Waals surface area (Å²) < 4.78 is 26.8. The van der Waals surface area contributed by atoms with Crippen molar-refractivity contribution in [1.82, 2.24) is 4.72 Å². The molecule has 0 radical (unpaired) electrons. The maximum absolute atomic E-state index is 12.0. The number of nitrogens with one attached hydrogen (secondary N) is 1. The summed E-state index contributed by atoms with van der Waals surface area (Å²) in [6, 6.07) is 7.90. The smallest absolute Gasteiger partial charge is 0.212 e. The number of benzene rings is 1. The number of hydrogen-bond acceptors (Lipinski definition) is 2. The molecular weight excluding hydrogens is 306 g/mol. The van der Waals surface area contributed by atoms with Gasteiger partial charge >= 0.3 is 0 Å². The van der Waals surface area contributed by atoms with Gasteiger partial charge in [-0.15, -0.1) is 11.6 Å². The van der Waals surface area contributed by atoms with Crippen LogP contribution in [0.3, 0.4) is 0 Å². The summed E-state index contributed by atoms with van der Waals surface area (Å²) in [4.78, 5) is 0. The maximum Gasteiger partial charge on any atom is 0.212 e. The van der Waals surface area contributed by atoms with Crippen LogP contribution >= 0.6 is 11.6 Å². The van der Waals surface area contributed by atoms with Crippen molar-refractivity contribution >= 4 is 21.6 Å². The largest absolute Gasteiger partial charge is 0.212 e. The molecule has 0 spiro atoms. The molecule has 3 nitrogen and oxygen atoms in total. The van der Waals surface area contributed by atoms with Crippen molar-refractivity contribution in [3.8, 4) is 0 Å². The Morgan fingerprint density at radius 3 is 2.14 bits per heavy atom.